The number of amides is 1. The van der Waals surface area contributed by atoms with Crippen molar-refractivity contribution >= 4 is 5.91 Å². The van der Waals surface area contributed by atoms with E-state index in [2.05, 4.69) is 10.1 Å². The average Bonchev–Trinajstić information content (AvgIpc) is 3.32. The van der Waals surface area contributed by atoms with Crippen LogP contribution in [0.1, 0.15) is 47.8 Å². The molecule has 120 valence electrons. The van der Waals surface area contributed by atoms with Crippen LogP contribution in [0.3, 0.4) is 0 Å². The molecule has 1 amide bonds. The number of rotatable bonds is 3. The van der Waals surface area contributed by atoms with Gasteiger partial charge >= 0.3 is 0 Å². The van der Waals surface area contributed by atoms with E-state index < -0.39 is 0 Å². The highest BCUT2D eigenvalue weighted by atomic mass is 16.5. The number of likely N-dealkylation sites (tertiary alicyclic amines) is 1. The average molecular weight is 313 g/mol. The third-order valence-corrected chi connectivity index (χ3v) is 4.51. The summed E-state index contributed by atoms with van der Waals surface area (Å²) in [6, 6.07) is 7.28. The van der Waals surface area contributed by atoms with Gasteiger partial charge in [-0.3, -0.25) is 4.79 Å². The van der Waals surface area contributed by atoms with Crippen LogP contribution in [0.2, 0.25) is 0 Å². The molecule has 1 aromatic carbocycles. The molecule has 0 radical (unpaired) electrons. The van der Waals surface area contributed by atoms with E-state index in [9.17, 15) is 9.90 Å². The van der Waals surface area contributed by atoms with Crippen LogP contribution in [0.15, 0.2) is 28.8 Å². The van der Waals surface area contributed by atoms with Crippen molar-refractivity contribution < 1.29 is 14.4 Å². The zero-order valence-electron chi connectivity index (χ0n) is 12.8. The molecule has 1 N–H and O–H groups in total. The van der Waals surface area contributed by atoms with E-state index in [4.69, 9.17) is 4.52 Å². The first-order valence-electron chi connectivity index (χ1n) is 8.12. The fraction of sp³-hybridized carbons (Fsp3) is 0.471. The Kier molecular flexibility index (Phi) is 3.61. The quantitative estimate of drug-likeness (QED) is 0.940. The van der Waals surface area contributed by atoms with E-state index in [1.165, 1.54) is 0 Å². The van der Waals surface area contributed by atoms with Gasteiger partial charge in [-0.25, -0.2) is 0 Å². The monoisotopic (exact) mass is 313 g/mol. The molecule has 1 saturated heterocycles. The Bertz CT molecular complexity index is 698. The Labute approximate surface area is 134 Å². The van der Waals surface area contributed by atoms with Crippen molar-refractivity contribution in [2.45, 2.75) is 37.7 Å². The van der Waals surface area contributed by atoms with E-state index in [-0.39, 0.29) is 12.0 Å². The summed E-state index contributed by atoms with van der Waals surface area (Å²) < 4.78 is 5.30. The Hall–Kier alpha value is -2.21. The van der Waals surface area contributed by atoms with E-state index in [1.807, 2.05) is 12.1 Å². The van der Waals surface area contributed by atoms with Gasteiger partial charge in [0.1, 0.15) is 0 Å². The van der Waals surface area contributed by atoms with Gasteiger partial charge < -0.3 is 14.5 Å². The predicted octanol–water partition coefficient (Wildman–Crippen LogP) is 2.21. The molecule has 2 aromatic rings. The molecule has 0 atom stereocenters. The smallest absolute Gasteiger partial charge is 0.257 e. The van der Waals surface area contributed by atoms with E-state index >= 15 is 0 Å². The van der Waals surface area contributed by atoms with Gasteiger partial charge in [0.05, 0.1) is 6.10 Å². The normalized spacial score (nSPS) is 19.1. The Morgan fingerprint density at radius 1 is 1.13 bits per heavy atom. The van der Waals surface area contributed by atoms with E-state index in [0.717, 1.165) is 24.2 Å². The molecule has 6 heteroatoms. The van der Waals surface area contributed by atoms with Crippen LogP contribution in [-0.4, -0.2) is 45.2 Å². The molecule has 2 fully saturated rings. The van der Waals surface area contributed by atoms with Crippen LogP contribution in [0.5, 0.6) is 0 Å². The van der Waals surface area contributed by atoms with Crippen molar-refractivity contribution in [3.05, 3.63) is 35.7 Å². The van der Waals surface area contributed by atoms with Gasteiger partial charge in [0.2, 0.25) is 0 Å². The third-order valence-electron chi connectivity index (χ3n) is 4.51. The maximum atomic E-state index is 12.4. The van der Waals surface area contributed by atoms with Gasteiger partial charge in [-0.1, -0.05) is 5.16 Å². The number of benzene rings is 1. The highest BCUT2D eigenvalue weighted by Crippen LogP contribution is 2.38. The summed E-state index contributed by atoms with van der Waals surface area (Å²) in [6.07, 6.45) is 3.29. The van der Waals surface area contributed by atoms with Crippen molar-refractivity contribution in [2.24, 2.45) is 0 Å². The molecule has 6 nitrogen and oxygen atoms in total. The molecule has 1 aliphatic carbocycles. The molecule has 23 heavy (non-hydrogen) atoms. The molecule has 1 aliphatic heterocycles. The third kappa shape index (κ3) is 2.99. The molecule has 2 aliphatic rings. The second kappa shape index (κ2) is 5.77. The first-order valence-corrected chi connectivity index (χ1v) is 8.12. The summed E-state index contributed by atoms with van der Waals surface area (Å²) in [7, 11) is 0. The second-order valence-electron chi connectivity index (χ2n) is 6.33. The molecule has 0 spiro atoms. The summed E-state index contributed by atoms with van der Waals surface area (Å²) >= 11 is 0. The molecule has 0 bridgehead atoms. The fourth-order valence-electron chi connectivity index (χ4n) is 2.87. The SMILES string of the molecule is O=C(c1ccc(-c2nc(C3CC3)no2)cc1)N1CCC(O)CC1. The minimum absolute atomic E-state index is 0.00708. The van der Waals surface area contributed by atoms with Crippen molar-refractivity contribution in [3.63, 3.8) is 0 Å². The van der Waals surface area contributed by atoms with Crippen LogP contribution < -0.4 is 0 Å². The lowest BCUT2D eigenvalue weighted by Gasteiger charge is -2.29. The zero-order chi connectivity index (χ0) is 15.8. The van der Waals surface area contributed by atoms with Crippen molar-refractivity contribution in [3.8, 4) is 11.5 Å². The standard InChI is InChI=1S/C17H19N3O3/c21-14-7-9-20(10-8-14)17(22)13-5-3-12(4-6-13)16-18-15(19-23-16)11-1-2-11/h3-6,11,14,21H,1-2,7-10H2. The molecule has 0 unspecified atom stereocenters. The Balaban J connectivity index is 1.47. The number of hydrogen-bond acceptors (Lipinski definition) is 5. The summed E-state index contributed by atoms with van der Waals surface area (Å²) in [5.74, 6) is 1.76. The molecule has 2 heterocycles. The first-order chi connectivity index (χ1) is 11.2. The minimum atomic E-state index is -0.278. The summed E-state index contributed by atoms with van der Waals surface area (Å²) in [6.45, 7) is 1.21. The summed E-state index contributed by atoms with van der Waals surface area (Å²) in [5.41, 5.74) is 1.47. The number of nitrogens with zero attached hydrogens (tertiary/aromatic N) is 3. The maximum absolute atomic E-state index is 12.4. The van der Waals surface area contributed by atoms with Gasteiger partial charge in [-0.2, -0.15) is 4.98 Å². The lowest BCUT2D eigenvalue weighted by atomic mass is 10.1. The van der Waals surface area contributed by atoms with Gasteiger partial charge in [0, 0.05) is 30.1 Å². The Morgan fingerprint density at radius 2 is 1.83 bits per heavy atom. The van der Waals surface area contributed by atoms with Crippen LogP contribution in [0.25, 0.3) is 11.5 Å². The lowest BCUT2D eigenvalue weighted by molar-refractivity contribution is 0.0546. The highest BCUT2D eigenvalue weighted by molar-refractivity contribution is 5.94. The molecule has 4 rings (SSSR count). The van der Waals surface area contributed by atoms with E-state index in [0.29, 0.717) is 43.3 Å². The molecule has 1 saturated carbocycles. The van der Waals surface area contributed by atoms with Gasteiger partial charge in [-0.15, -0.1) is 0 Å². The number of hydrogen-bond donors (Lipinski definition) is 1. The first kappa shape index (κ1) is 14.4. The number of carbonyl (C=O) groups is 1. The fourth-order valence-corrected chi connectivity index (χ4v) is 2.87. The summed E-state index contributed by atoms with van der Waals surface area (Å²) in [5, 5.41) is 13.5. The minimum Gasteiger partial charge on any atom is -0.393 e. The van der Waals surface area contributed by atoms with Crippen LogP contribution >= 0.6 is 0 Å². The number of aromatic nitrogens is 2. The number of aliphatic hydroxyl groups is 1. The molecular formula is C17H19N3O3. The second-order valence-corrected chi connectivity index (χ2v) is 6.33. The van der Waals surface area contributed by atoms with Gasteiger partial charge in [0.15, 0.2) is 5.82 Å². The topological polar surface area (TPSA) is 79.5 Å². The van der Waals surface area contributed by atoms with Crippen LogP contribution in [0, 0.1) is 0 Å². The van der Waals surface area contributed by atoms with Crippen LogP contribution in [-0.2, 0) is 0 Å². The highest BCUT2D eigenvalue weighted by Gasteiger charge is 2.29. The van der Waals surface area contributed by atoms with Gasteiger partial charge in [-0.05, 0) is 49.9 Å². The Morgan fingerprint density at radius 3 is 2.48 bits per heavy atom. The predicted molar refractivity (Wildman–Crippen MR) is 82.9 cm³/mol. The van der Waals surface area contributed by atoms with Crippen molar-refractivity contribution in [1.29, 1.82) is 0 Å². The number of carbonyl (C=O) groups excluding carboxylic acids is 1. The van der Waals surface area contributed by atoms with E-state index in [1.54, 1.807) is 17.0 Å². The summed E-state index contributed by atoms with van der Waals surface area (Å²) in [4.78, 5) is 18.7. The zero-order valence-corrected chi connectivity index (χ0v) is 12.8. The van der Waals surface area contributed by atoms with Crippen molar-refractivity contribution in [1.82, 2.24) is 15.0 Å². The maximum Gasteiger partial charge on any atom is 0.257 e. The van der Waals surface area contributed by atoms with Gasteiger partial charge in [0.25, 0.3) is 11.8 Å². The molecular weight excluding hydrogens is 294 g/mol. The van der Waals surface area contributed by atoms with Crippen LogP contribution in [0.4, 0.5) is 0 Å². The van der Waals surface area contributed by atoms with Crippen molar-refractivity contribution in [2.75, 3.05) is 13.1 Å². The number of piperidine rings is 1. The molecule has 1 aromatic heterocycles. The lowest BCUT2D eigenvalue weighted by Crippen LogP contribution is -2.40. The largest absolute Gasteiger partial charge is 0.393 e. The number of aliphatic hydroxyl groups excluding tert-OH is 1.